The van der Waals surface area contributed by atoms with E-state index >= 15 is 0 Å². The van der Waals surface area contributed by atoms with Crippen LogP contribution in [0.1, 0.15) is 24.8 Å². The van der Waals surface area contributed by atoms with Crippen molar-refractivity contribution < 1.29 is 5.11 Å². The number of rotatable bonds is 2. The lowest BCUT2D eigenvalue weighted by molar-refractivity contribution is 0.173. The molecule has 0 radical (unpaired) electrons. The molecule has 0 aromatic heterocycles. The van der Waals surface area contributed by atoms with Gasteiger partial charge in [-0.15, -0.1) is 0 Å². The Kier molecular flexibility index (Phi) is 4.12. The molecule has 23 heavy (non-hydrogen) atoms. The number of fused-ring (bicyclic) bond motifs is 1. The maximum atomic E-state index is 10.2. The summed E-state index contributed by atoms with van der Waals surface area (Å²) >= 11 is 6.06. The highest BCUT2D eigenvalue weighted by Gasteiger charge is 2.50. The predicted molar refractivity (Wildman–Crippen MR) is 101 cm³/mol. The Morgan fingerprint density at radius 2 is 1.87 bits per heavy atom. The average Bonchev–Trinajstić information content (AvgIpc) is 2.74. The normalized spacial score (nSPS) is 31.5. The van der Waals surface area contributed by atoms with Crippen LogP contribution in [0.25, 0.3) is 5.57 Å². The average molecular weight is 348 g/mol. The molecule has 0 amide bonds. The number of allylic oxidation sites excluding steroid dienone is 1. The van der Waals surface area contributed by atoms with Gasteiger partial charge in [0.15, 0.2) is 0 Å². The van der Waals surface area contributed by atoms with E-state index in [0.29, 0.717) is 6.42 Å². The Hall–Kier alpha value is -0.873. The molecule has 1 saturated carbocycles. The standard InChI is InChI=1S/C19H26ClNOSi/c1-12-16-9-15(22)10-19(16,21)11-17(23(2,3)4)18(12)13-5-7-14(20)8-6-13/h5-8,15-16,22H,1,9-11,21H2,2-4H3/t15-,16+,19-/m0/s1. The minimum atomic E-state index is -1.56. The van der Waals surface area contributed by atoms with Gasteiger partial charge >= 0.3 is 0 Å². The first-order chi connectivity index (χ1) is 10.6. The first-order valence-corrected chi connectivity index (χ1v) is 12.2. The number of nitrogens with two attached hydrogens (primary N) is 1. The fourth-order valence-corrected chi connectivity index (χ4v) is 6.30. The molecule has 0 saturated heterocycles. The molecule has 2 aliphatic rings. The zero-order chi connectivity index (χ0) is 17.0. The van der Waals surface area contributed by atoms with Crippen molar-refractivity contribution >= 4 is 25.2 Å². The number of benzene rings is 1. The van der Waals surface area contributed by atoms with E-state index in [0.717, 1.165) is 23.4 Å². The highest BCUT2D eigenvalue weighted by atomic mass is 35.5. The number of aliphatic hydroxyl groups is 1. The number of halogens is 1. The van der Waals surface area contributed by atoms with E-state index in [1.54, 1.807) is 0 Å². The highest BCUT2D eigenvalue weighted by molar-refractivity contribution is 6.84. The van der Waals surface area contributed by atoms with Gasteiger partial charge in [-0.1, -0.05) is 55.2 Å². The maximum absolute atomic E-state index is 10.2. The van der Waals surface area contributed by atoms with E-state index in [4.69, 9.17) is 17.3 Å². The predicted octanol–water partition coefficient (Wildman–Crippen LogP) is 4.40. The fourth-order valence-electron chi connectivity index (χ4n) is 4.26. The zero-order valence-corrected chi connectivity index (χ0v) is 16.0. The summed E-state index contributed by atoms with van der Waals surface area (Å²) in [6, 6.07) is 8.04. The van der Waals surface area contributed by atoms with Crippen molar-refractivity contribution in [3.8, 4) is 0 Å². The SMILES string of the molecule is C=C1C(c2ccc(Cl)cc2)=C([Si](C)(C)C)C[C@@]2(N)C[C@@H](O)C[C@H]12. The van der Waals surface area contributed by atoms with Crippen LogP contribution >= 0.6 is 11.6 Å². The number of hydrogen-bond acceptors (Lipinski definition) is 2. The van der Waals surface area contributed by atoms with Gasteiger partial charge in [-0.25, -0.2) is 0 Å². The van der Waals surface area contributed by atoms with Gasteiger partial charge in [0, 0.05) is 16.5 Å². The summed E-state index contributed by atoms with van der Waals surface area (Å²) in [5, 5.41) is 12.4. The summed E-state index contributed by atoms with van der Waals surface area (Å²) < 4.78 is 0. The lowest BCUT2D eigenvalue weighted by Gasteiger charge is -2.43. The molecule has 2 aliphatic carbocycles. The summed E-state index contributed by atoms with van der Waals surface area (Å²) in [6.45, 7) is 11.5. The molecule has 3 rings (SSSR count). The van der Waals surface area contributed by atoms with Crippen molar-refractivity contribution in [3.63, 3.8) is 0 Å². The van der Waals surface area contributed by atoms with Crippen LogP contribution in [-0.4, -0.2) is 24.8 Å². The van der Waals surface area contributed by atoms with Crippen molar-refractivity contribution in [1.82, 2.24) is 0 Å². The summed E-state index contributed by atoms with van der Waals surface area (Å²) in [7, 11) is -1.56. The third kappa shape index (κ3) is 2.96. The molecule has 1 fully saturated rings. The molecular weight excluding hydrogens is 322 g/mol. The van der Waals surface area contributed by atoms with Crippen LogP contribution in [-0.2, 0) is 0 Å². The second-order valence-corrected chi connectivity index (χ2v) is 13.7. The van der Waals surface area contributed by atoms with E-state index in [-0.39, 0.29) is 17.6 Å². The van der Waals surface area contributed by atoms with Crippen LogP contribution in [0.2, 0.25) is 24.7 Å². The van der Waals surface area contributed by atoms with Crippen LogP contribution < -0.4 is 5.73 Å². The highest BCUT2D eigenvalue weighted by Crippen LogP contribution is 2.52. The summed E-state index contributed by atoms with van der Waals surface area (Å²) in [5.41, 5.74) is 9.98. The van der Waals surface area contributed by atoms with Crippen molar-refractivity contribution in [3.05, 3.63) is 52.2 Å². The molecule has 124 valence electrons. The summed E-state index contributed by atoms with van der Waals surface area (Å²) in [6.07, 6.45) is 1.97. The van der Waals surface area contributed by atoms with Gasteiger partial charge in [-0.3, -0.25) is 0 Å². The fraction of sp³-hybridized carbons (Fsp3) is 0.474. The van der Waals surface area contributed by atoms with Crippen LogP contribution in [0.4, 0.5) is 0 Å². The van der Waals surface area contributed by atoms with Gasteiger partial charge in [-0.2, -0.15) is 0 Å². The van der Waals surface area contributed by atoms with Crippen LogP contribution in [0.5, 0.6) is 0 Å². The Bertz CT molecular complexity index is 674. The molecular formula is C19H26ClNOSi. The third-order valence-corrected chi connectivity index (χ3v) is 7.89. The molecule has 0 bridgehead atoms. The first-order valence-electron chi connectivity index (χ1n) is 8.27. The number of aliphatic hydroxyl groups excluding tert-OH is 1. The molecule has 0 heterocycles. The van der Waals surface area contributed by atoms with Crippen LogP contribution in [0.3, 0.4) is 0 Å². The monoisotopic (exact) mass is 347 g/mol. The Morgan fingerprint density at radius 1 is 1.26 bits per heavy atom. The minimum absolute atomic E-state index is 0.170. The molecule has 3 atom stereocenters. The Labute approximate surface area is 145 Å². The van der Waals surface area contributed by atoms with Crippen LogP contribution in [0.15, 0.2) is 41.6 Å². The molecule has 1 aromatic carbocycles. The lowest BCUT2D eigenvalue weighted by Crippen LogP contribution is -2.49. The van der Waals surface area contributed by atoms with Gasteiger partial charge in [0.25, 0.3) is 0 Å². The molecule has 4 heteroatoms. The van der Waals surface area contributed by atoms with E-state index < -0.39 is 8.07 Å². The van der Waals surface area contributed by atoms with Crippen molar-refractivity contribution in [2.24, 2.45) is 11.7 Å². The van der Waals surface area contributed by atoms with Crippen LogP contribution in [0, 0.1) is 5.92 Å². The molecule has 2 nitrogen and oxygen atoms in total. The second-order valence-electron chi connectivity index (χ2n) is 8.19. The topological polar surface area (TPSA) is 46.2 Å². The second kappa shape index (κ2) is 5.59. The summed E-state index contributed by atoms with van der Waals surface area (Å²) in [5.74, 6) is 0.170. The molecule has 0 unspecified atom stereocenters. The van der Waals surface area contributed by atoms with Gasteiger partial charge in [0.05, 0.1) is 14.2 Å². The Morgan fingerprint density at radius 3 is 2.43 bits per heavy atom. The quantitative estimate of drug-likeness (QED) is 0.779. The third-order valence-electron chi connectivity index (χ3n) is 5.41. The maximum Gasteiger partial charge on any atom is 0.0733 e. The molecule has 1 aromatic rings. The largest absolute Gasteiger partial charge is 0.393 e. The van der Waals surface area contributed by atoms with Crippen molar-refractivity contribution in [1.29, 1.82) is 0 Å². The van der Waals surface area contributed by atoms with Gasteiger partial charge < -0.3 is 10.8 Å². The van der Waals surface area contributed by atoms with E-state index in [9.17, 15) is 5.11 Å². The number of hydrogen-bond donors (Lipinski definition) is 2. The summed E-state index contributed by atoms with van der Waals surface area (Å²) in [4.78, 5) is 0. The van der Waals surface area contributed by atoms with Gasteiger partial charge in [0.1, 0.15) is 0 Å². The lowest BCUT2D eigenvalue weighted by atomic mass is 9.72. The molecule has 0 aliphatic heterocycles. The van der Waals surface area contributed by atoms with E-state index in [1.807, 2.05) is 12.1 Å². The zero-order valence-electron chi connectivity index (χ0n) is 14.2. The molecule has 3 N–H and O–H groups in total. The van der Waals surface area contributed by atoms with Crippen molar-refractivity contribution in [2.75, 3.05) is 0 Å². The van der Waals surface area contributed by atoms with E-state index in [1.165, 1.54) is 16.3 Å². The molecule has 0 spiro atoms. The Balaban J connectivity index is 2.17. The van der Waals surface area contributed by atoms with E-state index in [2.05, 4.69) is 38.4 Å². The van der Waals surface area contributed by atoms with Gasteiger partial charge in [0.2, 0.25) is 0 Å². The van der Waals surface area contributed by atoms with Gasteiger partial charge in [-0.05, 0) is 48.1 Å². The minimum Gasteiger partial charge on any atom is -0.393 e. The smallest absolute Gasteiger partial charge is 0.0733 e. The first kappa shape index (κ1) is 17.0. The van der Waals surface area contributed by atoms with Crippen molar-refractivity contribution in [2.45, 2.75) is 50.5 Å².